The second-order valence-corrected chi connectivity index (χ2v) is 7.18. The number of imidazole rings is 1. The summed E-state index contributed by atoms with van der Waals surface area (Å²) < 4.78 is 23.0. The number of nitrogens with one attached hydrogen (secondary N) is 2. The fraction of sp³-hybridized carbons (Fsp3) is 0.462. The summed E-state index contributed by atoms with van der Waals surface area (Å²) in [6.07, 6.45) is 1.20. The van der Waals surface area contributed by atoms with Crippen molar-refractivity contribution in [1.82, 2.24) is 15.3 Å². The summed E-state index contributed by atoms with van der Waals surface area (Å²) in [4.78, 5) is 7.87. The second kappa shape index (κ2) is 5.30. The molecule has 104 valence electrons. The van der Waals surface area contributed by atoms with Crippen LogP contribution in [0.1, 0.15) is 19.7 Å². The maximum atomic E-state index is 11.5. The maximum absolute atomic E-state index is 11.5. The third-order valence-electron chi connectivity index (χ3n) is 2.78. The van der Waals surface area contributed by atoms with Gasteiger partial charge in [0.1, 0.15) is 5.82 Å². The van der Waals surface area contributed by atoms with E-state index < -0.39 is 9.84 Å². The molecule has 0 atom stereocenters. The van der Waals surface area contributed by atoms with Gasteiger partial charge in [-0.2, -0.15) is 0 Å². The number of aromatic nitrogens is 2. The van der Waals surface area contributed by atoms with Gasteiger partial charge in [0.05, 0.1) is 22.5 Å². The zero-order valence-corrected chi connectivity index (χ0v) is 12.2. The lowest BCUT2D eigenvalue weighted by atomic mass is 10.2. The van der Waals surface area contributed by atoms with Crippen molar-refractivity contribution < 1.29 is 8.42 Å². The first-order valence-electron chi connectivity index (χ1n) is 6.25. The number of hydrogen-bond acceptors (Lipinski definition) is 4. The van der Waals surface area contributed by atoms with Crippen LogP contribution in [0, 0.1) is 5.92 Å². The van der Waals surface area contributed by atoms with Crippen molar-refractivity contribution in [2.75, 3.05) is 12.8 Å². The van der Waals surface area contributed by atoms with E-state index in [9.17, 15) is 8.42 Å². The Morgan fingerprint density at radius 1 is 1.37 bits per heavy atom. The van der Waals surface area contributed by atoms with Gasteiger partial charge in [-0.15, -0.1) is 0 Å². The lowest BCUT2D eigenvalue weighted by Gasteiger charge is -2.04. The van der Waals surface area contributed by atoms with Gasteiger partial charge in [0, 0.05) is 6.26 Å². The number of fused-ring (bicyclic) bond motifs is 1. The first kappa shape index (κ1) is 14.0. The van der Waals surface area contributed by atoms with Crippen molar-refractivity contribution in [1.29, 1.82) is 0 Å². The van der Waals surface area contributed by atoms with Crippen LogP contribution in [0.3, 0.4) is 0 Å². The number of sulfone groups is 1. The van der Waals surface area contributed by atoms with Crippen molar-refractivity contribution in [2.45, 2.75) is 25.3 Å². The van der Waals surface area contributed by atoms with Crippen LogP contribution < -0.4 is 5.32 Å². The van der Waals surface area contributed by atoms with Crippen LogP contribution in [0.15, 0.2) is 23.1 Å². The zero-order valence-electron chi connectivity index (χ0n) is 11.4. The molecule has 0 aliphatic carbocycles. The number of H-pyrrole nitrogens is 1. The molecule has 0 aliphatic rings. The Morgan fingerprint density at radius 3 is 2.74 bits per heavy atom. The molecule has 2 rings (SSSR count). The van der Waals surface area contributed by atoms with E-state index in [1.807, 2.05) is 0 Å². The minimum atomic E-state index is -3.18. The van der Waals surface area contributed by atoms with E-state index in [1.54, 1.807) is 18.2 Å². The van der Waals surface area contributed by atoms with Crippen LogP contribution in [-0.4, -0.2) is 31.2 Å². The van der Waals surface area contributed by atoms with E-state index in [4.69, 9.17) is 0 Å². The summed E-state index contributed by atoms with van der Waals surface area (Å²) in [6, 6.07) is 4.95. The Labute approximate surface area is 113 Å². The molecular weight excluding hydrogens is 262 g/mol. The number of rotatable bonds is 5. The molecule has 2 N–H and O–H groups in total. The fourth-order valence-electron chi connectivity index (χ4n) is 1.84. The summed E-state index contributed by atoms with van der Waals surface area (Å²) in [5.74, 6) is 1.41. The van der Waals surface area contributed by atoms with Gasteiger partial charge in [-0.05, 0) is 30.7 Å². The van der Waals surface area contributed by atoms with Crippen molar-refractivity contribution in [3.63, 3.8) is 0 Å². The number of aromatic amines is 1. The van der Waals surface area contributed by atoms with Gasteiger partial charge in [-0.3, -0.25) is 0 Å². The van der Waals surface area contributed by atoms with Gasteiger partial charge < -0.3 is 10.3 Å². The maximum Gasteiger partial charge on any atom is 0.175 e. The highest BCUT2D eigenvalue weighted by molar-refractivity contribution is 7.90. The lowest BCUT2D eigenvalue weighted by Crippen LogP contribution is -2.19. The molecule has 0 unspecified atom stereocenters. The molecule has 5 nitrogen and oxygen atoms in total. The molecule has 0 radical (unpaired) electrons. The molecule has 0 amide bonds. The smallest absolute Gasteiger partial charge is 0.175 e. The van der Waals surface area contributed by atoms with Gasteiger partial charge in [0.2, 0.25) is 0 Å². The summed E-state index contributed by atoms with van der Waals surface area (Å²) >= 11 is 0. The highest BCUT2D eigenvalue weighted by Crippen LogP contribution is 2.17. The molecule has 0 saturated heterocycles. The van der Waals surface area contributed by atoms with Gasteiger partial charge in [-0.25, -0.2) is 13.4 Å². The molecule has 0 fully saturated rings. The average Bonchev–Trinajstić information content (AvgIpc) is 2.68. The van der Waals surface area contributed by atoms with Gasteiger partial charge in [0.25, 0.3) is 0 Å². The molecule has 0 spiro atoms. The van der Waals surface area contributed by atoms with Crippen LogP contribution in [0.25, 0.3) is 11.0 Å². The topological polar surface area (TPSA) is 74.8 Å². The Hall–Kier alpha value is -1.40. The van der Waals surface area contributed by atoms with Gasteiger partial charge in [0.15, 0.2) is 9.84 Å². The van der Waals surface area contributed by atoms with E-state index in [0.717, 1.165) is 23.4 Å². The molecule has 19 heavy (non-hydrogen) atoms. The molecule has 0 bridgehead atoms. The highest BCUT2D eigenvalue weighted by atomic mass is 32.2. The SMILES string of the molecule is CC(C)CNCc1nc2ccc(S(C)(=O)=O)cc2[nH]1. The predicted molar refractivity (Wildman–Crippen MR) is 75.7 cm³/mol. The predicted octanol–water partition coefficient (Wildman–Crippen LogP) is 1.71. The van der Waals surface area contributed by atoms with E-state index in [1.165, 1.54) is 6.26 Å². The third-order valence-corrected chi connectivity index (χ3v) is 3.89. The van der Waals surface area contributed by atoms with Crippen LogP contribution in [0.4, 0.5) is 0 Å². The van der Waals surface area contributed by atoms with Gasteiger partial charge in [-0.1, -0.05) is 13.8 Å². The Bertz CT molecular complexity index is 674. The second-order valence-electron chi connectivity index (χ2n) is 5.16. The molecule has 1 heterocycles. The van der Waals surface area contributed by atoms with E-state index in [0.29, 0.717) is 17.4 Å². The highest BCUT2D eigenvalue weighted by Gasteiger charge is 2.10. The summed E-state index contributed by atoms with van der Waals surface area (Å²) in [7, 11) is -3.18. The first-order valence-corrected chi connectivity index (χ1v) is 8.15. The Balaban J connectivity index is 2.21. The van der Waals surface area contributed by atoms with E-state index in [2.05, 4.69) is 29.1 Å². The molecule has 1 aromatic carbocycles. The normalized spacial score (nSPS) is 12.4. The summed E-state index contributed by atoms with van der Waals surface area (Å²) in [5, 5.41) is 3.29. The first-order chi connectivity index (χ1) is 8.86. The number of benzene rings is 1. The molecule has 2 aromatic rings. The van der Waals surface area contributed by atoms with Gasteiger partial charge >= 0.3 is 0 Å². The van der Waals surface area contributed by atoms with E-state index in [-0.39, 0.29) is 0 Å². The number of hydrogen-bond donors (Lipinski definition) is 2. The fourth-order valence-corrected chi connectivity index (χ4v) is 2.48. The molecule has 0 saturated carbocycles. The number of nitrogens with zero attached hydrogens (tertiary/aromatic N) is 1. The van der Waals surface area contributed by atoms with Crippen LogP contribution in [0.5, 0.6) is 0 Å². The Morgan fingerprint density at radius 2 is 2.11 bits per heavy atom. The minimum Gasteiger partial charge on any atom is -0.341 e. The zero-order chi connectivity index (χ0) is 14.0. The standard InChI is InChI=1S/C13H19N3O2S/c1-9(2)7-14-8-13-15-11-5-4-10(19(3,17)18)6-12(11)16-13/h4-6,9,14H,7-8H2,1-3H3,(H,15,16). The molecule has 6 heteroatoms. The Kier molecular flexibility index (Phi) is 3.91. The largest absolute Gasteiger partial charge is 0.341 e. The average molecular weight is 281 g/mol. The molecule has 1 aromatic heterocycles. The molecular formula is C13H19N3O2S. The monoisotopic (exact) mass is 281 g/mol. The molecule has 0 aliphatic heterocycles. The quantitative estimate of drug-likeness (QED) is 0.875. The van der Waals surface area contributed by atoms with Crippen molar-refractivity contribution in [3.05, 3.63) is 24.0 Å². The summed E-state index contributed by atoms with van der Waals surface area (Å²) in [5.41, 5.74) is 1.54. The minimum absolute atomic E-state index is 0.310. The van der Waals surface area contributed by atoms with E-state index >= 15 is 0 Å². The van der Waals surface area contributed by atoms with Crippen molar-refractivity contribution in [3.8, 4) is 0 Å². The van der Waals surface area contributed by atoms with Crippen molar-refractivity contribution in [2.24, 2.45) is 5.92 Å². The van der Waals surface area contributed by atoms with Crippen LogP contribution >= 0.6 is 0 Å². The van der Waals surface area contributed by atoms with Crippen LogP contribution in [0.2, 0.25) is 0 Å². The van der Waals surface area contributed by atoms with Crippen molar-refractivity contribution >= 4 is 20.9 Å². The van der Waals surface area contributed by atoms with Crippen LogP contribution in [-0.2, 0) is 16.4 Å². The summed E-state index contributed by atoms with van der Waals surface area (Å²) in [6.45, 7) is 5.86. The lowest BCUT2D eigenvalue weighted by molar-refractivity contribution is 0.545. The third kappa shape index (κ3) is 3.54.